The normalized spacial score (nSPS) is 11.7. The number of hydrogen-bond acceptors (Lipinski definition) is 11. The number of carbonyl (C=O) groups excluding carboxylic acids is 1. The molecule has 0 unspecified atom stereocenters. The summed E-state index contributed by atoms with van der Waals surface area (Å²) >= 11 is 0. The van der Waals surface area contributed by atoms with E-state index in [0.29, 0.717) is 52.0 Å². The number of nitrogens with zero attached hydrogens (tertiary/aromatic N) is 4. The third-order valence-corrected chi connectivity index (χ3v) is 8.79. The molecule has 13 heteroatoms. The van der Waals surface area contributed by atoms with E-state index in [2.05, 4.69) is 19.9 Å². The molecule has 0 radical (unpaired) electrons. The van der Waals surface area contributed by atoms with Crippen LogP contribution in [0.2, 0.25) is 0 Å². The first-order valence-corrected chi connectivity index (χ1v) is 16.5. The molecule has 1 aliphatic rings. The molecule has 6 aromatic rings. The number of carbonyl (C=O) groups is 1. The highest BCUT2D eigenvalue weighted by Crippen LogP contribution is 2.48. The van der Waals surface area contributed by atoms with Crippen LogP contribution in [0.1, 0.15) is 27.0 Å². The number of benzene rings is 2. The molecule has 11 nitrogen and oxygen atoms in total. The van der Waals surface area contributed by atoms with E-state index >= 15 is 0 Å². The van der Waals surface area contributed by atoms with Gasteiger partial charge >= 0.3 is 17.2 Å². The van der Waals surface area contributed by atoms with Crippen LogP contribution in [0, 0.1) is 0 Å². The molecule has 0 saturated carbocycles. The maximum absolute atomic E-state index is 14.4. The minimum Gasteiger partial charge on any atom is -0.408 e. The van der Waals surface area contributed by atoms with Gasteiger partial charge < -0.3 is 27.1 Å². The number of aromatic nitrogens is 4. The van der Waals surface area contributed by atoms with Crippen LogP contribution in [0.4, 0.5) is 0 Å². The predicted molar refractivity (Wildman–Crippen MR) is 174 cm³/mol. The summed E-state index contributed by atoms with van der Waals surface area (Å²) in [5.74, 6) is 2.07. The van der Waals surface area contributed by atoms with Crippen LogP contribution in [0.25, 0.3) is 0 Å². The third kappa shape index (κ3) is 7.28. The van der Waals surface area contributed by atoms with Crippen molar-refractivity contribution in [2.24, 2.45) is 0 Å². The standard InChI is InChI=1S/C34H24N4O7P2/c39-34-32-24(7-1-13-30(32)44-46(40-26-9-3-15-35-20-26)41-27-10-4-16-36-21-27)19-25-8-2-14-31(33(25)34)45-47(42-28-11-5-17-37-22-28)43-29-12-6-18-38-23-29/h1-18,20-23H,19H2. The molecule has 4 aromatic heterocycles. The molecule has 0 aliphatic heterocycles. The Morgan fingerprint density at radius 2 is 0.809 bits per heavy atom. The average molecular weight is 663 g/mol. The fourth-order valence-electron chi connectivity index (χ4n) is 4.67. The molecule has 47 heavy (non-hydrogen) atoms. The zero-order chi connectivity index (χ0) is 31.8. The summed E-state index contributed by atoms with van der Waals surface area (Å²) in [6, 6.07) is 24.8. The lowest BCUT2D eigenvalue weighted by Crippen LogP contribution is -2.18. The average Bonchev–Trinajstić information content (AvgIpc) is 3.10. The first-order valence-electron chi connectivity index (χ1n) is 14.3. The van der Waals surface area contributed by atoms with Gasteiger partial charge in [0.15, 0.2) is 0 Å². The number of hydrogen-bond donors (Lipinski definition) is 0. The van der Waals surface area contributed by atoms with Crippen molar-refractivity contribution in [3.05, 3.63) is 157 Å². The molecular weight excluding hydrogens is 638 g/mol. The second-order valence-electron chi connectivity index (χ2n) is 9.84. The van der Waals surface area contributed by atoms with Gasteiger partial charge in [0.2, 0.25) is 5.78 Å². The Morgan fingerprint density at radius 1 is 0.447 bits per heavy atom. The highest BCUT2D eigenvalue weighted by molar-refractivity contribution is 7.43. The summed E-state index contributed by atoms with van der Waals surface area (Å²) in [6.45, 7) is 0. The van der Waals surface area contributed by atoms with Crippen molar-refractivity contribution in [3.8, 4) is 34.5 Å². The van der Waals surface area contributed by atoms with E-state index in [1.165, 1.54) is 0 Å². The molecule has 2 aromatic carbocycles. The Hall–Kier alpha value is -5.63. The molecule has 0 N–H and O–H groups in total. The number of fused-ring (bicyclic) bond motifs is 2. The highest BCUT2D eigenvalue weighted by Gasteiger charge is 2.33. The summed E-state index contributed by atoms with van der Waals surface area (Å²) < 4.78 is 36.9. The van der Waals surface area contributed by atoms with Crippen LogP contribution in [-0.2, 0) is 6.42 Å². The smallest absolute Gasteiger partial charge is 0.408 e. The Bertz CT molecular complexity index is 1740. The molecule has 0 spiro atoms. The Kier molecular flexibility index (Phi) is 9.08. The van der Waals surface area contributed by atoms with Crippen LogP contribution in [0.15, 0.2) is 135 Å². The van der Waals surface area contributed by atoms with Gasteiger partial charge in [-0.25, -0.2) is 0 Å². The van der Waals surface area contributed by atoms with Crippen molar-refractivity contribution < 1.29 is 31.9 Å². The van der Waals surface area contributed by atoms with Gasteiger partial charge in [-0.05, 0) is 78.2 Å². The van der Waals surface area contributed by atoms with Gasteiger partial charge in [0, 0.05) is 24.8 Å². The maximum atomic E-state index is 14.4. The topological polar surface area (TPSA) is 124 Å². The lowest BCUT2D eigenvalue weighted by molar-refractivity contribution is 0.103. The van der Waals surface area contributed by atoms with Crippen LogP contribution in [0.5, 0.6) is 34.5 Å². The monoisotopic (exact) mass is 662 g/mol. The molecule has 1 aliphatic carbocycles. The zero-order valence-corrected chi connectivity index (χ0v) is 26.2. The molecule has 0 fully saturated rings. The Morgan fingerprint density at radius 3 is 1.13 bits per heavy atom. The predicted octanol–water partition coefficient (Wildman–Crippen LogP) is 7.93. The number of rotatable bonds is 12. The lowest BCUT2D eigenvalue weighted by Gasteiger charge is -2.25. The van der Waals surface area contributed by atoms with Gasteiger partial charge in [-0.2, -0.15) is 0 Å². The molecule has 0 amide bonds. The van der Waals surface area contributed by atoms with E-state index in [1.54, 1.807) is 110 Å². The quantitative estimate of drug-likeness (QED) is 0.119. The van der Waals surface area contributed by atoms with Crippen molar-refractivity contribution >= 4 is 23.0 Å². The summed E-state index contributed by atoms with van der Waals surface area (Å²) in [6.07, 6.45) is 13.2. The van der Waals surface area contributed by atoms with Crippen molar-refractivity contribution in [1.29, 1.82) is 0 Å². The van der Waals surface area contributed by atoms with Crippen LogP contribution in [0.3, 0.4) is 0 Å². The third-order valence-electron chi connectivity index (χ3n) is 6.66. The van der Waals surface area contributed by atoms with Gasteiger partial charge in [-0.15, -0.1) is 0 Å². The van der Waals surface area contributed by atoms with E-state index in [0.717, 1.165) is 11.1 Å². The minimum absolute atomic E-state index is 0.289. The summed E-state index contributed by atoms with van der Waals surface area (Å²) in [4.78, 5) is 30.8. The first-order chi connectivity index (χ1) is 23.2. The zero-order valence-electron chi connectivity index (χ0n) is 24.4. The van der Waals surface area contributed by atoms with Gasteiger partial charge in [0.1, 0.15) is 34.5 Å². The molecule has 7 rings (SSSR count). The Balaban J connectivity index is 1.20. The Labute approximate surface area is 272 Å². The van der Waals surface area contributed by atoms with E-state index < -0.39 is 17.2 Å². The van der Waals surface area contributed by atoms with E-state index in [4.69, 9.17) is 27.1 Å². The van der Waals surface area contributed by atoms with Crippen LogP contribution in [-0.4, -0.2) is 25.7 Å². The summed E-state index contributed by atoms with van der Waals surface area (Å²) in [5, 5.41) is 0. The second kappa shape index (κ2) is 14.2. The van der Waals surface area contributed by atoms with Gasteiger partial charge in [0.05, 0.1) is 35.9 Å². The van der Waals surface area contributed by atoms with Gasteiger partial charge in [-0.3, -0.25) is 24.7 Å². The maximum Gasteiger partial charge on any atom is 0.530 e. The number of ketones is 1. The van der Waals surface area contributed by atoms with Crippen molar-refractivity contribution in [2.45, 2.75) is 6.42 Å². The molecule has 0 saturated heterocycles. The van der Waals surface area contributed by atoms with Crippen LogP contribution < -0.4 is 27.1 Å². The SMILES string of the molecule is O=C1c2c(cccc2OP(Oc2cccnc2)Oc2cccnc2)Cc2cccc(OP(Oc3cccnc3)Oc3cccnc3)c21. The van der Waals surface area contributed by atoms with Crippen molar-refractivity contribution in [3.63, 3.8) is 0 Å². The second-order valence-corrected chi connectivity index (χ2v) is 11.8. The summed E-state index contributed by atoms with van der Waals surface area (Å²) in [5.41, 5.74) is 2.32. The van der Waals surface area contributed by atoms with E-state index in [9.17, 15) is 4.79 Å². The largest absolute Gasteiger partial charge is 0.530 e. The van der Waals surface area contributed by atoms with Gasteiger partial charge in [-0.1, -0.05) is 24.3 Å². The molecule has 4 heterocycles. The number of pyridine rings is 4. The highest BCUT2D eigenvalue weighted by atomic mass is 31.2. The van der Waals surface area contributed by atoms with Crippen LogP contribution >= 0.6 is 17.2 Å². The minimum atomic E-state index is -2.08. The van der Waals surface area contributed by atoms with Crippen molar-refractivity contribution in [1.82, 2.24) is 19.9 Å². The lowest BCUT2D eigenvalue weighted by atomic mass is 9.84. The molecule has 0 bridgehead atoms. The first kappa shape index (κ1) is 30.0. The van der Waals surface area contributed by atoms with E-state index in [1.807, 2.05) is 24.3 Å². The van der Waals surface area contributed by atoms with Gasteiger partial charge in [0.25, 0.3) is 0 Å². The van der Waals surface area contributed by atoms with E-state index in [-0.39, 0.29) is 5.78 Å². The fraction of sp³-hybridized carbons (Fsp3) is 0.0294. The summed E-state index contributed by atoms with van der Waals surface area (Å²) in [7, 11) is -4.16. The molecule has 0 atom stereocenters. The van der Waals surface area contributed by atoms with Crippen molar-refractivity contribution in [2.75, 3.05) is 0 Å². The fourth-order valence-corrected chi connectivity index (χ4v) is 6.64. The molecular formula is C34H24N4O7P2. The molecule has 232 valence electrons.